The van der Waals surface area contributed by atoms with Crippen LogP contribution < -0.4 is 74.9 Å². The Labute approximate surface area is 274 Å². The fourth-order valence-electron chi connectivity index (χ4n) is 3.55. The summed E-state index contributed by atoms with van der Waals surface area (Å²) in [4.78, 5) is 39.0. The summed E-state index contributed by atoms with van der Waals surface area (Å²) >= 11 is 3.91. The number of carboxylic acid groups (broad SMARTS) is 1. The van der Waals surface area contributed by atoms with E-state index in [-0.39, 0.29) is 96.0 Å². The molecule has 0 aliphatic carbocycles. The summed E-state index contributed by atoms with van der Waals surface area (Å²) in [6.07, 6.45) is 0.140. The van der Waals surface area contributed by atoms with Gasteiger partial charge in [0.15, 0.2) is 0 Å². The Kier molecular flexibility index (Phi) is 13.2. The summed E-state index contributed by atoms with van der Waals surface area (Å²) in [6.45, 7) is 0.290. The Hall–Kier alpha value is -0.510. The number of carbonyl (C=O) groups excluding carboxylic acids is 3. The Bertz CT molecular complexity index is 1290. The number of hydrogen-bond donors (Lipinski definition) is 2. The van der Waals surface area contributed by atoms with E-state index in [2.05, 4.69) is 26.2 Å². The van der Waals surface area contributed by atoms with Gasteiger partial charge in [-0.1, -0.05) is 17.8 Å². The number of tetrazole rings is 1. The van der Waals surface area contributed by atoms with Crippen LogP contribution in [-0.2, 0) is 37.5 Å². The van der Waals surface area contributed by atoms with Gasteiger partial charge in [0.05, 0.1) is 30.5 Å². The molecule has 1 fully saturated rings. The molecule has 0 spiro atoms. The van der Waals surface area contributed by atoms with E-state index in [0.29, 0.717) is 16.5 Å². The molecule has 2 aromatic heterocycles. The molecule has 4 rings (SSSR count). The number of rotatable bonds is 12. The third-order valence-corrected chi connectivity index (χ3v) is 8.94. The van der Waals surface area contributed by atoms with E-state index in [1.54, 1.807) is 0 Å². The average molecular weight is 620 g/mol. The van der Waals surface area contributed by atoms with Crippen LogP contribution in [0.2, 0.25) is 0 Å². The minimum Gasteiger partial charge on any atom is -0.747 e. The summed E-state index contributed by atoms with van der Waals surface area (Å²) in [7, 11) is -4.40. The number of nitrogens with one attached hydrogen (secondary N) is 2. The van der Waals surface area contributed by atoms with Crippen LogP contribution in [0.15, 0.2) is 33.9 Å². The monoisotopic (exact) mass is 619 g/mol. The molecule has 2 amide bonds. The molecule has 1 unspecified atom stereocenters. The van der Waals surface area contributed by atoms with Crippen molar-refractivity contribution < 1.29 is 91.6 Å². The number of hydrogen-bond acceptors (Lipinski definition) is 14. The molecule has 2 N–H and O–H groups in total. The smallest absolute Gasteiger partial charge is 0.747 e. The third-order valence-electron chi connectivity index (χ3n) is 5.13. The van der Waals surface area contributed by atoms with E-state index in [1.165, 1.54) is 27.8 Å². The van der Waals surface area contributed by atoms with Crippen molar-refractivity contribution in [2.75, 3.05) is 23.9 Å². The van der Waals surface area contributed by atoms with Crippen molar-refractivity contribution in [3.8, 4) is 0 Å². The van der Waals surface area contributed by atoms with Crippen molar-refractivity contribution >= 4 is 62.8 Å². The molecule has 38 heavy (non-hydrogen) atoms. The topological polar surface area (TPSA) is 202 Å². The van der Waals surface area contributed by atoms with Gasteiger partial charge in [-0.25, -0.2) is 13.1 Å². The van der Waals surface area contributed by atoms with Gasteiger partial charge < -0.3 is 25.1 Å². The number of aromatic nitrogens is 4. The van der Waals surface area contributed by atoms with Crippen molar-refractivity contribution in [2.45, 2.75) is 29.5 Å². The van der Waals surface area contributed by atoms with Crippen LogP contribution >= 0.6 is 34.9 Å². The summed E-state index contributed by atoms with van der Waals surface area (Å²) in [5.41, 5.74) is 0.226. The number of fused-ring (bicyclic) bond motifs is 1. The zero-order valence-electron chi connectivity index (χ0n) is 20.4. The number of nitrogens with zero attached hydrogens (tertiary/aromatic N) is 5. The molecule has 0 saturated carbocycles. The predicted octanol–water partition coefficient (Wildman–Crippen LogP) is -8.43. The molecule has 4 heterocycles. The Morgan fingerprint density at radius 1 is 1.29 bits per heavy atom. The van der Waals surface area contributed by atoms with E-state index >= 15 is 0 Å². The Morgan fingerprint density at radius 3 is 2.71 bits per heavy atom. The fraction of sp³-hybridized carbons (Fsp3) is 0.444. The van der Waals surface area contributed by atoms with E-state index < -0.39 is 39.3 Å². The van der Waals surface area contributed by atoms with Gasteiger partial charge >= 0.3 is 59.1 Å². The van der Waals surface area contributed by atoms with Crippen LogP contribution in [0.25, 0.3) is 0 Å². The molecule has 20 heteroatoms. The predicted molar refractivity (Wildman–Crippen MR) is 126 cm³/mol. The second-order valence-corrected chi connectivity index (χ2v) is 12.1. The largest absolute Gasteiger partial charge is 1.00 e. The Morgan fingerprint density at radius 2 is 2.05 bits per heavy atom. The zero-order chi connectivity index (χ0) is 25.9. The average Bonchev–Trinajstić information content (AvgIpc) is 3.49. The fourth-order valence-corrected chi connectivity index (χ4v) is 7.04. The number of carboxylic acids is 1. The minimum absolute atomic E-state index is 0. The number of carbonyl (C=O) groups is 3. The van der Waals surface area contributed by atoms with Gasteiger partial charge in [0.1, 0.15) is 21.5 Å². The molecule has 0 bridgehead atoms. The number of thiophene rings is 1. The van der Waals surface area contributed by atoms with E-state index in [1.807, 2.05) is 17.5 Å². The second-order valence-electron chi connectivity index (χ2n) is 7.63. The first kappa shape index (κ1) is 33.7. The standard InChI is InChI=1S/C18H21N7O7S4.2Na/c26-12(6-11-2-1-5-33-11)20-13-15(27)25-14(17(28)29)10(7-34-16(13)25)8-35-18-21-22-23-24(18)4-3-19-9-36(30,31)32;;/h1-2,5,13,16,19H,3-4,6-9H2,(H,20,26)(H,28,29)(H,30,31,32);;/q;2*+1/p-2/t13?,16-;;/m0../s1. The number of amides is 2. The molecule has 2 aromatic rings. The molecule has 2 aliphatic heterocycles. The van der Waals surface area contributed by atoms with Gasteiger partial charge in [0, 0.05) is 22.9 Å². The molecule has 2 atom stereocenters. The van der Waals surface area contributed by atoms with Gasteiger partial charge in [-0.2, -0.15) is 0 Å². The maximum Gasteiger partial charge on any atom is 1.00 e. The summed E-state index contributed by atoms with van der Waals surface area (Å²) in [5, 5.41) is 30.0. The van der Waals surface area contributed by atoms with E-state index in [9.17, 15) is 32.5 Å². The normalized spacial score (nSPS) is 18.7. The zero-order valence-corrected chi connectivity index (χ0v) is 27.6. The molecule has 194 valence electrons. The van der Waals surface area contributed by atoms with Crippen molar-refractivity contribution in [3.63, 3.8) is 0 Å². The number of thioether (sulfide) groups is 2. The van der Waals surface area contributed by atoms with Crippen molar-refractivity contribution in [3.05, 3.63) is 33.7 Å². The first-order valence-electron chi connectivity index (χ1n) is 10.4. The van der Waals surface area contributed by atoms with Crippen LogP contribution in [0.3, 0.4) is 0 Å². The van der Waals surface area contributed by atoms with Crippen molar-refractivity contribution in [2.24, 2.45) is 0 Å². The van der Waals surface area contributed by atoms with Crippen molar-refractivity contribution in [1.29, 1.82) is 0 Å². The van der Waals surface area contributed by atoms with Crippen LogP contribution in [-0.4, -0.2) is 91.2 Å². The summed E-state index contributed by atoms with van der Waals surface area (Å²) < 4.78 is 33.4. The van der Waals surface area contributed by atoms with E-state index in [0.717, 1.165) is 21.5 Å². The van der Waals surface area contributed by atoms with Gasteiger partial charge in [-0.05, 0) is 27.4 Å². The maximum absolute atomic E-state index is 12.8. The van der Waals surface area contributed by atoms with Gasteiger partial charge in [-0.15, -0.1) is 28.2 Å². The van der Waals surface area contributed by atoms with Gasteiger partial charge in [-0.3, -0.25) is 14.5 Å². The van der Waals surface area contributed by atoms with Crippen molar-refractivity contribution in [1.82, 2.24) is 35.7 Å². The SMILES string of the molecule is O=C(Cc1cccs1)NC1C(=O)N2C(C(=O)[O-])=C(CSc3nnnn3CCNCS(=O)(=O)[O-])CS[C@@H]12.[Na+].[Na+]. The summed E-state index contributed by atoms with van der Waals surface area (Å²) in [6, 6.07) is 2.83. The van der Waals surface area contributed by atoms with Crippen LogP contribution in [0.4, 0.5) is 0 Å². The maximum atomic E-state index is 12.8. The molecule has 2 aliphatic rings. The Balaban J connectivity index is 0.00000253. The molecule has 1 saturated heterocycles. The quantitative estimate of drug-likeness (QED) is 0.0746. The first-order valence-corrected chi connectivity index (χ1v) is 14.9. The molecule has 0 radical (unpaired) electrons. The third kappa shape index (κ3) is 8.50. The number of aliphatic carboxylic acids is 1. The van der Waals surface area contributed by atoms with Gasteiger partial charge in [0.25, 0.3) is 5.91 Å². The molecular formula is C18H19N7Na2O7S4. The minimum atomic E-state index is -4.40. The van der Waals surface area contributed by atoms with E-state index in [4.69, 9.17) is 0 Å². The van der Waals surface area contributed by atoms with Crippen LogP contribution in [0.1, 0.15) is 4.88 Å². The second kappa shape index (κ2) is 14.9. The van der Waals surface area contributed by atoms with Crippen LogP contribution in [0, 0.1) is 0 Å². The molecule has 14 nitrogen and oxygen atoms in total. The number of β-lactam (4-membered cyclic amide) rings is 1. The van der Waals surface area contributed by atoms with Crippen LogP contribution in [0.5, 0.6) is 0 Å². The van der Waals surface area contributed by atoms with Gasteiger partial charge in [0.2, 0.25) is 11.1 Å². The summed E-state index contributed by atoms with van der Waals surface area (Å²) in [5.74, 6) is -2.59. The first-order chi connectivity index (χ1) is 17.1. The molecule has 0 aromatic carbocycles. The molecular weight excluding hydrogens is 600 g/mol.